The molecule has 2 atom stereocenters. The van der Waals surface area contributed by atoms with E-state index in [9.17, 15) is 4.79 Å². The van der Waals surface area contributed by atoms with Crippen molar-refractivity contribution >= 4 is 5.91 Å². The molecule has 3 heteroatoms. The van der Waals surface area contributed by atoms with Crippen molar-refractivity contribution in [2.45, 2.75) is 70.3 Å². The van der Waals surface area contributed by atoms with E-state index < -0.39 is 0 Å². The third-order valence-corrected chi connectivity index (χ3v) is 4.75. The Labute approximate surface area is 111 Å². The van der Waals surface area contributed by atoms with E-state index in [1.54, 1.807) is 0 Å². The number of rotatable bonds is 3. The van der Waals surface area contributed by atoms with Crippen LogP contribution in [-0.2, 0) is 4.79 Å². The van der Waals surface area contributed by atoms with Crippen molar-refractivity contribution in [3.63, 3.8) is 0 Å². The lowest BCUT2D eigenvalue weighted by Crippen LogP contribution is -2.41. The maximum Gasteiger partial charge on any atom is 0.223 e. The van der Waals surface area contributed by atoms with Crippen molar-refractivity contribution in [1.82, 2.24) is 5.32 Å². The summed E-state index contributed by atoms with van der Waals surface area (Å²) in [7, 11) is 0. The third-order valence-electron chi connectivity index (χ3n) is 4.75. The summed E-state index contributed by atoms with van der Waals surface area (Å²) in [5.41, 5.74) is 5.76. The van der Waals surface area contributed by atoms with Crippen LogP contribution in [0.4, 0.5) is 0 Å². The van der Waals surface area contributed by atoms with Crippen LogP contribution in [0.5, 0.6) is 0 Å². The number of hydrogen-bond acceptors (Lipinski definition) is 2. The Balaban J connectivity index is 1.81. The fourth-order valence-electron chi connectivity index (χ4n) is 3.57. The van der Waals surface area contributed by atoms with E-state index in [0.717, 1.165) is 12.8 Å². The molecular weight excluding hydrogens is 224 g/mol. The van der Waals surface area contributed by atoms with E-state index in [4.69, 9.17) is 5.73 Å². The zero-order valence-corrected chi connectivity index (χ0v) is 11.5. The molecule has 2 fully saturated rings. The van der Waals surface area contributed by atoms with Gasteiger partial charge in [0.15, 0.2) is 0 Å². The largest absolute Gasteiger partial charge is 0.353 e. The van der Waals surface area contributed by atoms with Crippen molar-refractivity contribution < 1.29 is 4.79 Å². The molecule has 0 spiro atoms. The molecule has 0 bridgehead atoms. The fraction of sp³-hybridized carbons (Fsp3) is 0.933. The second-order valence-corrected chi connectivity index (χ2v) is 6.08. The van der Waals surface area contributed by atoms with Gasteiger partial charge >= 0.3 is 0 Å². The first-order chi connectivity index (χ1) is 8.81. The second-order valence-electron chi connectivity index (χ2n) is 6.08. The zero-order valence-electron chi connectivity index (χ0n) is 11.5. The maximum absolute atomic E-state index is 12.3. The predicted molar refractivity (Wildman–Crippen MR) is 74.1 cm³/mol. The Morgan fingerprint density at radius 2 is 1.61 bits per heavy atom. The monoisotopic (exact) mass is 252 g/mol. The third kappa shape index (κ3) is 3.71. The number of carbonyl (C=O) groups excluding carboxylic acids is 1. The van der Waals surface area contributed by atoms with Crippen molar-refractivity contribution in [3.05, 3.63) is 0 Å². The normalized spacial score (nSPS) is 30.7. The Morgan fingerprint density at radius 3 is 2.28 bits per heavy atom. The minimum absolute atomic E-state index is 0.195. The van der Waals surface area contributed by atoms with Gasteiger partial charge in [0.05, 0.1) is 0 Å². The Bertz CT molecular complexity index is 259. The highest BCUT2D eigenvalue weighted by atomic mass is 16.2. The minimum Gasteiger partial charge on any atom is -0.353 e. The number of hydrogen-bond donors (Lipinski definition) is 2. The molecule has 2 aliphatic carbocycles. The second kappa shape index (κ2) is 7.13. The van der Waals surface area contributed by atoms with Gasteiger partial charge in [-0.2, -0.15) is 0 Å². The molecule has 0 saturated heterocycles. The molecule has 3 N–H and O–H groups in total. The summed E-state index contributed by atoms with van der Waals surface area (Å²) in [6.45, 7) is 0.669. The maximum atomic E-state index is 12.3. The summed E-state index contributed by atoms with van der Waals surface area (Å²) in [5.74, 6) is 0.910. The number of amides is 1. The van der Waals surface area contributed by atoms with E-state index in [2.05, 4.69) is 5.32 Å². The predicted octanol–water partition coefficient (Wildman–Crippen LogP) is 2.59. The SMILES string of the molecule is NCC1CCCC1C(=O)NC1CCCCCCC1. The van der Waals surface area contributed by atoms with Crippen LogP contribution in [0.25, 0.3) is 0 Å². The minimum atomic E-state index is 0.195. The summed E-state index contributed by atoms with van der Waals surface area (Å²) in [4.78, 5) is 12.3. The highest BCUT2D eigenvalue weighted by Gasteiger charge is 2.32. The van der Waals surface area contributed by atoms with Gasteiger partial charge in [-0.3, -0.25) is 4.79 Å². The topological polar surface area (TPSA) is 55.1 Å². The average Bonchev–Trinajstić information content (AvgIpc) is 2.80. The molecule has 0 radical (unpaired) electrons. The number of carbonyl (C=O) groups is 1. The standard InChI is InChI=1S/C15H28N2O/c16-11-12-7-6-10-14(12)15(18)17-13-8-4-2-1-3-5-9-13/h12-14H,1-11,16H2,(H,17,18). The van der Waals surface area contributed by atoms with E-state index in [1.807, 2.05) is 0 Å². The molecule has 0 aliphatic heterocycles. The lowest BCUT2D eigenvalue weighted by molar-refractivity contribution is -0.126. The van der Waals surface area contributed by atoms with Gasteiger partial charge in [-0.25, -0.2) is 0 Å². The molecule has 1 amide bonds. The van der Waals surface area contributed by atoms with Gasteiger partial charge in [-0.15, -0.1) is 0 Å². The smallest absolute Gasteiger partial charge is 0.223 e. The van der Waals surface area contributed by atoms with E-state index in [0.29, 0.717) is 18.5 Å². The molecule has 0 heterocycles. The van der Waals surface area contributed by atoms with Crippen LogP contribution in [0.1, 0.15) is 64.2 Å². The van der Waals surface area contributed by atoms with Crippen LogP contribution in [0.15, 0.2) is 0 Å². The first kappa shape index (κ1) is 13.9. The summed E-state index contributed by atoms with van der Waals surface area (Å²) in [5, 5.41) is 3.30. The van der Waals surface area contributed by atoms with Gasteiger partial charge in [0.1, 0.15) is 0 Å². The van der Waals surface area contributed by atoms with Crippen LogP contribution in [0, 0.1) is 11.8 Å². The molecule has 0 aromatic carbocycles. The molecule has 2 unspecified atom stereocenters. The Kier molecular flexibility index (Phi) is 5.48. The van der Waals surface area contributed by atoms with Gasteiger partial charge in [-0.1, -0.05) is 38.5 Å². The number of nitrogens with one attached hydrogen (secondary N) is 1. The first-order valence-electron chi connectivity index (χ1n) is 7.81. The molecule has 104 valence electrons. The fourth-order valence-corrected chi connectivity index (χ4v) is 3.57. The van der Waals surface area contributed by atoms with Crippen molar-refractivity contribution in [2.24, 2.45) is 17.6 Å². The van der Waals surface area contributed by atoms with E-state index in [1.165, 1.54) is 51.4 Å². The van der Waals surface area contributed by atoms with Crippen LogP contribution in [0.2, 0.25) is 0 Å². The molecule has 2 saturated carbocycles. The summed E-state index contributed by atoms with van der Waals surface area (Å²) < 4.78 is 0. The van der Waals surface area contributed by atoms with Gasteiger partial charge < -0.3 is 11.1 Å². The summed E-state index contributed by atoms with van der Waals surface area (Å²) in [6, 6.07) is 0.428. The highest BCUT2D eigenvalue weighted by molar-refractivity contribution is 5.79. The molecule has 2 aliphatic rings. The van der Waals surface area contributed by atoms with Crippen LogP contribution in [0.3, 0.4) is 0 Å². The molecular formula is C15H28N2O. The molecule has 0 aromatic rings. The van der Waals surface area contributed by atoms with Crippen molar-refractivity contribution in [3.8, 4) is 0 Å². The quantitative estimate of drug-likeness (QED) is 0.811. The lowest BCUT2D eigenvalue weighted by Gasteiger charge is -2.24. The van der Waals surface area contributed by atoms with Crippen molar-refractivity contribution in [1.29, 1.82) is 0 Å². The highest BCUT2D eigenvalue weighted by Crippen LogP contribution is 2.31. The lowest BCUT2D eigenvalue weighted by atomic mass is 9.93. The van der Waals surface area contributed by atoms with Crippen LogP contribution < -0.4 is 11.1 Å². The first-order valence-corrected chi connectivity index (χ1v) is 7.81. The van der Waals surface area contributed by atoms with Gasteiger partial charge in [0.2, 0.25) is 5.91 Å². The number of nitrogens with two attached hydrogens (primary N) is 1. The summed E-state index contributed by atoms with van der Waals surface area (Å²) in [6.07, 6.45) is 12.3. The Hall–Kier alpha value is -0.570. The van der Waals surface area contributed by atoms with Crippen LogP contribution >= 0.6 is 0 Å². The Morgan fingerprint density at radius 1 is 0.944 bits per heavy atom. The van der Waals surface area contributed by atoms with Crippen molar-refractivity contribution in [2.75, 3.05) is 6.54 Å². The summed E-state index contributed by atoms with van der Waals surface area (Å²) >= 11 is 0. The zero-order chi connectivity index (χ0) is 12.8. The molecule has 2 rings (SSSR count). The molecule has 0 aromatic heterocycles. The van der Waals surface area contributed by atoms with Crippen LogP contribution in [-0.4, -0.2) is 18.5 Å². The van der Waals surface area contributed by atoms with Gasteiger partial charge in [-0.05, 0) is 38.1 Å². The van der Waals surface area contributed by atoms with E-state index >= 15 is 0 Å². The molecule has 18 heavy (non-hydrogen) atoms. The van der Waals surface area contributed by atoms with Gasteiger partial charge in [0, 0.05) is 12.0 Å². The van der Waals surface area contributed by atoms with Gasteiger partial charge in [0.25, 0.3) is 0 Å². The van der Waals surface area contributed by atoms with E-state index in [-0.39, 0.29) is 11.8 Å². The average molecular weight is 252 g/mol. The molecule has 3 nitrogen and oxygen atoms in total.